The van der Waals surface area contributed by atoms with Crippen LogP contribution in [0.3, 0.4) is 0 Å². The molecule has 136 valence electrons. The number of hydrogen-bond donors (Lipinski definition) is 1. The Morgan fingerprint density at radius 1 is 1.35 bits per heavy atom. The van der Waals surface area contributed by atoms with Crippen LogP contribution in [-0.2, 0) is 0 Å². The molecule has 0 atom stereocenters. The summed E-state index contributed by atoms with van der Waals surface area (Å²) in [6, 6.07) is 1.81. The van der Waals surface area contributed by atoms with E-state index in [0.717, 1.165) is 11.3 Å². The normalized spacial score (nSPS) is 11.4. The lowest BCUT2D eigenvalue weighted by atomic mass is 10.2. The van der Waals surface area contributed by atoms with E-state index in [0.29, 0.717) is 11.6 Å². The van der Waals surface area contributed by atoms with Gasteiger partial charge in [-0.15, -0.1) is 0 Å². The molecule has 0 aliphatic rings. The van der Waals surface area contributed by atoms with Crippen LogP contribution in [0.2, 0.25) is 0 Å². The van der Waals surface area contributed by atoms with Gasteiger partial charge in [-0.2, -0.15) is 0 Å². The number of aryl methyl sites for hydroxylation is 1. The van der Waals surface area contributed by atoms with E-state index in [2.05, 4.69) is 33.4 Å². The van der Waals surface area contributed by atoms with Crippen molar-refractivity contribution in [2.75, 3.05) is 5.32 Å². The highest BCUT2D eigenvalue weighted by Gasteiger charge is 2.16. The van der Waals surface area contributed by atoms with Gasteiger partial charge in [-0.25, -0.2) is 14.4 Å². The highest BCUT2D eigenvalue weighted by atomic mass is 35.5. The van der Waals surface area contributed by atoms with E-state index in [1.807, 2.05) is 26.8 Å². The van der Waals surface area contributed by atoms with Gasteiger partial charge in [-0.05, 0) is 38.5 Å². The molecule has 26 heavy (non-hydrogen) atoms. The summed E-state index contributed by atoms with van der Waals surface area (Å²) in [5, 5.41) is 3.33. The summed E-state index contributed by atoms with van der Waals surface area (Å²) in [6.45, 7) is 12.5. The first-order chi connectivity index (χ1) is 12.3. The zero-order valence-corrected chi connectivity index (χ0v) is 15.6. The molecule has 0 radical (unpaired) electrons. The maximum Gasteiger partial charge on any atom is 0.180 e. The molecule has 2 rings (SSSR count). The van der Waals surface area contributed by atoms with Crippen molar-refractivity contribution in [1.29, 1.82) is 0 Å². The predicted octanol–water partition coefficient (Wildman–Crippen LogP) is 5.33. The number of pyridine rings is 1. The molecule has 0 amide bonds. The number of hydrogen-bond acceptors (Lipinski definition) is 5. The molecule has 0 fully saturated rings. The van der Waals surface area contributed by atoms with Crippen molar-refractivity contribution in [2.45, 2.75) is 26.9 Å². The number of halogens is 2. The quantitative estimate of drug-likeness (QED) is 0.664. The van der Waals surface area contributed by atoms with Gasteiger partial charge in [0.15, 0.2) is 17.4 Å². The molecule has 2 aromatic heterocycles. The molecule has 0 spiro atoms. The average Bonchev–Trinajstić information content (AvgIpc) is 2.55. The summed E-state index contributed by atoms with van der Waals surface area (Å²) in [7, 11) is 0. The molecule has 0 aliphatic heterocycles. The highest BCUT2D eigenvalue weighted by Crippen LogP contribution is 2.30. The van der Waals surface area contributed by atoms with Crippen LogP contribution >= 0.6 is 11.6 Å². The Labute approximate surface area is 157 Å². The van der Waals surface area contributed by atoms with Crippen molar-refractivity contribution >= 4 is 28.7 Å². The van der Waals surface area contributed by atoms with Crippen molar-refractivity contribution in [3.8, 4) is 5.75 Å². The summed E-state index contributed by atoms with van der Waals surface area (Å²) in [5.74, 6) is 0.235. The van der Waals surface area contributed by atoms with Gasteiger partial charge in [0.1, 0.15) is 5.83 Å². The first-order valence-corrected chi connectivity index (χ1v) is 8.28. The van der Waals surface area contributed by atoms with Crippen molar-refractivity contribution in [1.82, 2.24) is 15.0 Å². The SMILES string of the molecule is C=C(Cl)/C=C(\C(=C)F)c1ncc(OC(C)C)c(Nc2ccncc2C)n1. The minimum Gasteiger partial charge on any atom is -0.485 e. The van der Waals surface area contributed by atoms with Crippen LogP contribution < -0.4 is 10.1 Å². The minimum atomic E-state index is -0.713. The lowest BCUT2D eigenvalue weighted by Crippen LogP contribution is -2.10. The van der Waals surface area contributed by atoms with Gasteiger partial charge in [0.2, 0.25) is 0 Å². The fourth-order valence-electron chi connectivity index (χ4n) is 2.09. The Hall–Kier alpha value is -2.73. The Morgan fingerprint density at radius 3 is 2.65 bits per heavy atom. The highest BCUT2D eigenvalue weighted by molar-refractivity contribution is 6.31. The number of ether oxygens (including phenoxy) is 1. The van der Waals surface area contributed by atoms with Crippen molar-refractivity contribution in [2.24, 2.45) is 0 Å². The van der Waals surface area contributed by atoms with Crippen LogP contribution in [0.4, 0.5) is 15.9 Å². The van der Waals surface area contributed by atoms with E-state index in [4.69, 9.17) is 16.3 Å². The Balaban J connectivity index is 2.53. The summed E-state index contributed by atoms with van der Waals surface area (Å²) in [5.41, 5.74) is 1.77. The number of anilines is 2. The van der Waals surface area contributed by atoms with Gasteiger partial charge < -0.3 is 10.1 Å². The molecular weight excluding hydrogens is 355 g/mol. The van der Waals surface area contributed by atoms with Gasteiger partial charge in [0.25, 0.3) is 0 Å². The van der Waals surface area contributed by atoms with Gasteiger partial charge in [-0.3, -0.25) is 4.98 Å². The van der Waals surface area contributed by atoms with Gasteiger partial charge in [0, 0.05) is 23.1 Å². The van der Waals surface area contributed by atoms with Crippen LogP contribution in [0.1, 0.15) is 25.2 Å². The van der Waals surface area contributed by atoms with Gasteiger partial charge in [-0.1, -0.05) is 24.8 Å². The van der Waals surface area contributed by atoms with Crippen LogP contribution in [0.25, 0.3) is 5.57 Å². The second-order valence-corrected chi connectivity index (χ2v) is 6.28. The first-order valence-electron chi connectivity index (χ1n) is 7.90. The van der Waals surface area contributed by atoms with Crippen molar-refractivity contribution in [3.05, 3.63) is 66.1 Å². The smallest absolute Gasteiger partial charge is 0.180 e. The zero-order valence-electron chi connectivity index (χ0n) is 14.9. The van der Waals surface area contributed by atoms with Crippen molar-refractivity contribution in [3.63, 3.8) is 0 Å². The van der Waals surface area contributed by atoms with Gasteiger partial charge in [0.05, 0.1) is 17.9 Å². The zero-order chi connectivity index (χ0) is 19.3. The number of allylic oxidation sites excluding steroid dienone is 4. The number of nitrogens with zero attached hydrogens (tertiary/aromatic N) is 3. The second kappa shape index (κ2) is 8.58. The Bertz CT molecular complexity index is 864. The van der Waals surface area contributed by atoms with E-state index in [9.17, 15) is 4.39 Å². The Morgan fingerprint density at radius 2 is 2.08 bits per heavy atom. The summed E-state index contributed by atoms with van der Waals surface area (Å²) in [6.07, 6.45) is 6.10. The molecule has 2 heterocycles. The molecule has 1 N–H and O–H groups in total. The summed E-state index contributed by atoms with van der Waals surface area (Å²) >= 11 is 5.78. The maximum atomic E-state index is 13.8. The number of aromatic nitrogens is 3. The molecule has 5 nitrogen and oxygen atoms in total. The van der Waals surface area contributed by atoms with Crippen LogP contribution in [0.15, 0.2) is 54.7 Å². The third kappa shape index (κ3) is 5.13. The first kappa shape index (κ1) is 19.6. The van der Waals surface area contributed by atoms with E-state index in [1.165, 1.54) is 12.3 Å². The topological polar surface area (TPSA) is 59.9 Å². The third-order valence-corrected chi connectivity index (χ3v) is 3.33. The largest absolute Gasteiger partial charge is 0.485 e. The van der Waals surface area contributed by atoms with Gasteiger partial charge >= 0.3 is 0 Å². The summed E-state index contributed by atoms with van der Waals surface area (Å²) < 4.78 is 19.6. The van der Waals surface area contributed by atoms with E-state index in [1.54, 1.807) is 12.4 Å². The van der Waals surface area contributed by atoms with Crippen LogP contribution in [0.5, 0.6) is 5.75 Å². The molecule has 0 saturated heterocycles. The maximum absolute atomic E-state index is 13.8. The van der Waals surface area contributed by atoms with Crippen molar-refractivity contribution < 1.29 is 9.13 Å². The fraction of sp³-hybridized carbons (Fsp3) is 0.211. The van der Waals surface area contributed by atoms with E-state index < -0.39 is 5.83 Å². The molecule has 0 saturated carbocycles. The molecule has 0 aromatic carbocycles. The molecule has 0 bridgehead atoms. The van der Waals surface area contributed by atoms with Crippen LogP contribution in [0, 0.1) is 6.92 Å². The average molecular weight is 375 g/mol. The monoisotopic (exact) mass is 374 g/mol. The van der Waals surface area contributed by atoms with Crippen LogP contribution in [-0.4, -0.2) is 21.1 Å². The number of nitrogens with one attached hydrogen (secondary N) is 1. The lowest BCUT2D eigenvalue weighted by molar-refractivity contribution is 0.242. The third-order valence-electron chi connectivity index (χ3n) is 3.23. The predicted molar refractivity (Wildman–Crippen MR) is 103 cm³/mol. The van der Waals surface area contributed by atoms with E-state index in [-0.39, 0.29) is 22.5 Å². The lowest BCUT2D eigenvalue weighted by Gasteiger charge is -2.16. The molecule has 2 aromatic rings. The van der Waals surface area contributed by atoms with E-state index >= 15 is 0 Å². The molecule has 0 unspecified atom stereocenters. The number of rotatable bonds is 7. The molecular formula is C19H20ClFN4O. The minimum absolute atomic E-state index is 0.0515. The summed E-state index contributed by atoms with van der Waals surface area (Å²) in [4.78, 5) is 12.6. The molecule has 7 heteroatoms. The fourth-order valence-corrected chi connectivity index (χ4v) is 2.20. The molecule has 0 aliphatic carbocycles. The Kier molecular flexibility index (Phi) is 6.46. The second-order valence-electron chi connectivity index (χ2n) is 5.80. The standard InChI is InChI=1S/C19H20ClFN4O/c1-11(2)26-17-10-23-18(15(14(5)21)8-13(4)20)25-19(17)24-16-6-7-22-9-12(16)3/h6-11H,4-5H2,1-3H3,(H,22,23,24,25)/b15-8+.